The molecule has 220 valence electrons. The van der Waals surface area contributed by atoms with Crippen molar-refractivity contribution in [2.75, 3.05) is 18.0 Å². The van der Waals surface area contributed by atoms with Gasteiger partial charge in [-0.15, -0.1) is 5.92 Å². The van der Waals surface area contributed by atoms with E-state index in [1.165, 1.54) is 9.36 Å². The summed E-state index contributed by atoms with van der Waals surface area (Å²) in [6, 6.07) is 9.69. The van der Waals surface area contributed by atoms with Crippen molar-refractivity contribution in [2.45, 2.75) is 72.2 Å². The lowest BCUT2D eigenvalue weighted by molar-refractivity contribution is 0.0499. The minimum atomic E-state index is -0.606. The largest absolute Gasteiger partial charge is 0.444 e. The zero-order chi connectivity index (χ0) is 30.2. The number of piperidine rings is 1. The Morgan fingerprint density at radius 3 is 2.67 bits per heavy atom. The van der Waals surface area contributed by atoms with E-state index in [-0.39, 0.29) is 41.3 Å². The summed E-state index contributed by atoms with van der Waals surface area (Å²) in [5.74, 6) is 6.41. The zero-order valence-electron chi connectivity index (χ0n) is 25.0. The average molecular weight is 572 g/mol. The minimum Gasteiger partial charge on any atom is -0.444 e. The van der Waals surface area contributed by atoms with Crippen molar-refractivity contribution < 1.29 is 9.53 Å². The molecule has 42 heavy (non-hydrogen) atoms. The van der Waals surface area contributed by atoms with E-state index in [2.05, 4.69) is 17.2 Å². The van der Waals surface area contributed by atoms with Gasteiger partial charge >= 0.3 is 6.09 Å². The molecule has 11 nitrogen and oxygen atoms in total. The number of fused-ring (bicyclic) bond motifs is 2. The number of aromatic nitrogens is 5. The van der Waals surface area contributed by atoms with E-state index in [0.29, 0.717) is 24.7 Å². The van der Waals surface area contributed by atoms with Crippen molar-refractivity contribution in [1.82, 2.24) is 29.2 Å². The number of aryl methyl sites for hydroxylation is 1. The molecule has 1 aliphatic heterocycles. The first-order valence-corrected chi connectivity index (χ1v) is 14.2. The van der Waals surface area contributed by atoms with Crippen molar-refractivity contribution in [3.8, 4) is 11.8 Å². The summed E-state index contributed by atoms with van der Waals surface area (Å²) in [7, 11) is 1.58. The number of rotatable bonds is 5. The maximum Gasteiger partial charge on any atom is 0.407 e. The Bertz CT molecular complexity index is 1850. The third kappa shape index (κ3) is 5.75. The fraction of sp³-hybridized carbons (Fsp3) is 0.452. The Morgan fingerprint density at radius 1 is 1.17 bits per heavy atom. The van der Waals surface area contributed by atoms with E-state index in [1.807, 2.05) is 62.9 Å². The van der Waals surface area contributed by atoms with Crippen LogP contribution in [0.4, 0.5) is 10.7 Å². The normalized spacial score (nSPS) is 15.5. The highest BCUT2D eigenvalue weighted by atomic mass is 16.6. The van der Waals surface area contributed by atoms with Gasteiger partial charge in [0.2, 0.25) is 5.95 Å². The number of carbonyl (C=O) groups excluding carboxylic acids is 1. The molecule has 4 heterocycles. The maximum absolute atomic E-state index is 14.1. The average Bonchev–Trinajstić information content (AvgIpc) is 3.31. The SMILES string of the molecule is CC#CCn1c(N2CCC[C@@H](NC(=O)OC(C)(C)C)C2)nc2c(=O)n(C)n(Cc3nc(C)cc4ccccc34)c(=O)c21. The number of anilines is 1. The Balaban J connectivity index is 1.58. The van der Waals surface area contributed by atoms with Gasteiger partial charge in [-0.2, -0.15) is 0 Å². The zero-order valence-corrected chi connectivity index (χ0v) is 25.0. The van der Waals surface area contributed by atoms with Crippen LogP contribution < -0.4 is 21.3 Å². The molecule has 0 spiro atoms. The Kier molecular flexibility index (Phi) is 7.82. The summed E-state index contributed by atoms with van der Waals surface area (Å²) in [4.78, 5) is 51.7. The summed E-state index contributed by atoms with van der Waals surface area (Å²) < 4.78 is 9.91. The highest BCUT2D eigenvalue weighted by Gasteiger charge is 2.29. The molecule has 1 saturated heterocycles. The smallest absolute Gasteiger partial charge is 0.407 e. The second kappa shape index (κ2) is 11.4. The van der Waals surface area contributed by atoms with Crippen LogP contribution in [0.15, 0.2) is 39.9 Å². The number of amides is 1. The lowest BCUT2D eigenvalue weighted by atomic mass is 10.1. The fourth-order valence-electron chi connectivity index (χ4n) is 5.48. The van der Waals surface area contributed by atoms with E-state index >= 15 is 0 Å². The van der Waals surface area contributed by atoms with Crippen LogP contribution in [0.25, 0.3) is 21.8 Å². The number of carbonyl (C=O) groups is 1. The van der Waals surface area contributed by atoms with Gasteiger partial charge in [-0.05, 0) is 58.9 Å². The number of alkyl carbamates (subject to hydrolysis) is 1. The van der Waals surface area contributed by atoms with Crippen LogP contribution in [0.5, 0.6) is 0 Å². The molecular formula is C31H37N7O4. The fourth-order valence-corrected chi connectivity index (χ4v) is 5.48. The highest BCUT2D eigenvalue weighted by molar-refractivity contribution is 5.85. The molecule has 1 atom stereocenters. The van der Waals surface area contributed by atoms with Gasteiger partial charge in [-0.3, -0.25) is 19.1 Å². The Hall–Kier alpha value is -4.59. The molecule has 5 rings (SSSR count). The van der Waals surface area contributed by atoms with E-state index in [0.717, 1.165) is 29.3 Å². The molecule has 3 aromatic heterocycles. The molecular weight excluding hydrogens is 534 g/mol. The van der Waals surface area contributed by atoms with Crippen LogP contribution >= 0.6 is 0 Å². The molecule has 0 bridgehead atoms. The molecule has 0 aliphatic carbocycles. The number of benzene rings is 1. The third-order valence-electron chi connectivity index (χ3n) is 7.33. The first-order valence-electron chi connectivity index (χ1n) is 14.2. The van der Waals surface area contributed by atoms with Gasteiger partial charge in [0.15, 0.2) is 5.52 Å². The van der Waals surface area contributed by atoms with Gasteiger partial charge in [0, 0.05) is 37.3 Å². The second-order valence-electron chi connectivity index (χ2n) is 11.7. The summed E-state index contributed by atoms with van der Waals surface area (Å²) in [5.41, 5.74) is 0.488. The van der Waals surface area contributed by atoms with Crippen molar-refractivity contribution in [1.29, 1.82) is 0 Å². The van der Waals surface area contributed by atoms with Crippen LogP contribution in [0.1, 0.15) is 51.9 Å². The van der Waals surface area contributed by atoms with E-state index in [1.54, 1.807) is 18.5 Å². The third-order valence-corrected chi connectivity index (χ3v) is 7.33. The number of nitrogens with one attached hydrogen (secondary N) is 1. The van der Waals surface area contributed by atoms with Crippen molar-refractivity contribution in [2.24, 2.45) is 7.05 Å². The van der Waals surface area contributed by atoms with Crippen molar-refractivity contribution >= 4 is 33.8 Å². The van der Waals surface area contributed by atoms with E-state index < -0.39 is 11.7 Å². The van der Waals surface area contributed by atoms with Crippen LogP contribution in [-0.2, 0) is 24.9 Å². The topological polar surface area (TPSA) is 116 Å². The first-order chi connectivity index (χ1) is 20.0. The Morgan fingerprint density at radius 2 is 1.93 bits per heavy atom. The van der Waals surface area contributed by atoms with E-state index in [9.17, 15) is 14.4 Å². The standard InChI is InChI=1S/C31H37N7O4/c1-7-8-16-37-26-25(34-29(37)36-15-11-13-22(18-36)33-30(41)42-31(3,4)5)27(39)35(6)38(28(26)40)19-24-23-14-10-9-12-21(23)17-20(2)32-24/h9-10,12,14,17,22H,11,13,15-16,18-19H2,1-6H3,(H,33,41)/t22-/m1/s1. The monoisotopic (exact) mass is 571 g/mol. The number of imidazole rings is 1. The van der Waals surface area contributed by atoms with Crippen LogP contribution in [0, 0.1) is 18.8 Å². The summed E-state index contributed by atoms with van der Waals surface area (Å²) in [6.07, 6.45) is 1.09. The molecule has 1 aromatic carbocycles. The molecule has 1 amide bonds. The number of nitrogens with zero attached hydrogens (tertiary/aromatic N) is 6. The summed E-state index contributed by atoms with van der Waals surface area (Å²) in [6.45, 7) is 10.5. The summed E-state index contributed by atoms with van der Waals surface area (Å²) in [5, 5.41) is 4.89. The highest BCUT2D eigenvalue weighted by Crippen LogP contribution is 2.24. The van der Waals surface area contributed by atoms with Crippen molar-refractivity contribution in [3.63, 3.8) is 0 Å². The van der Waals surface area contributed by atoms with Gasteiger partial charge in [-0.25, -0.2) is 19.1 Å². The second-order valence-corrected chi connectivity index (χ2v) is 11.7. The molecule has 1 fully saturated rings. The van der Waals surface area contributed by atoms with E-state index in [4.69, 9.17) is 14.7 Å². The molecule has 1 N–H and O–H groups in total. The molecule has 4 aromatic rings. The lowest BCUT2D eigenvalue weighted by Crippen LogP contribution is -2.49. The molecule has 0 saturated carbocycles. The van der Waals surface area contributed by atoms with Gasteiger partial charge in [0.05, 0.1) is 18.8 Å². The predicted molar refractivity (Wildman–Crippen MR) is 163 cm³/mol. The first kappa shape index (κ1) is 28.9. The van der Waals surface area contributed by atoms with Gasteiger partial charge in [0.25, 0.3) is 11.1 Å². The quantitative estimate of drug-likeness (QED) is 0.366. The van der Waals surface area contributed by atoms with Crippen LogP contribution in [-0.4, -0.2) is 54.7 Å². The molecule has 0 unspecified atom stereocenters. The van der Waals surface area contributed by atoms with Gasteiger partial charge < -0.3 is 15.0 Å². The summed E-state index contributed by atoms with van der Waals surface area (Å²) >= 11 is 0. The maximum atomic E-state index is 14.1. The van der Waals surface area contributed by atoms with Crippen LogP contribution in [0.2, 0.25) is 0 Å². The number of hydrogen-bond donors (Lipinski definition) is 1. The molecule has 0 radical (unpaired) electrons. The lowest BCUT2D eigenvalue weighted by Gasteiger charge is -2.34. The number of pyridine rings is 1. The number of ether oxygens (including phenoxy) is 1. The minimum absolute atomic E-state index is 0.0935. The van der Waals surface area contributed by atoms with Crippen LogP contribution in [0.3, 0.4) is 0 Å². The molecule has 11 heteroatoms. The van der Waals surface area contributed by atoms with Gasteiger partial charge in [0.1, 0.15) is 11.1 Å². The Labute approximate surface area is 244 Å². The number of hydrogen-bond acceptors (Lipinski definition) is 7. The van der Waals surface area contributed by atoms with Crippen molar-refractivity contribution in [3.05, 3.63) is 62.4 Å². The molecule has 1 aliphatic rings. The predicted octanol–water partition coefficient (Wildman–Crippen LogP) is 3.32. The van der Waals surface area contributed by atoms with Gasteiger partial charge in [-0.1, -0.05) is 30.2 Å².